The Morgan fingerprint density at radius 2 is 2.15 bits per heavy atom. The van der Waals surface area contributed by atoms with Crippen molar-refractivity contribution in [2.24, 2.45) is 0 Å². The number of hydrogen-bond donors (Lipinski definition) is 2. The summed E-state index contributed by atoms with van der Waals surface area (Å²) in [4.78, 5) is 21.8. The molecule has 0 radical (unpaired) electrons. The molecule has 1 aliphatic heterocycles. The van der Waals surface area contributed by atoms with E-state index in [2.05, 4.69) is 29.0 Å². The summed E-state index contributed by atoms with van der Waals surface area (Å²) in [5.41, 5.74) is -0.0154. The molecule has 110 valence electrons. The fraction of sp³-hybridized carbons (Fsp3) is 0.733. The first kappa shape index (κ1) is 13.6. The van der Waals surface area contributed by atoms with Crippen molar-refractivity contribution in [1.82, 2.24) is 15.3 Å². The van der Waals surface area contributed by atoms with Crippen molar-refractivity contribution in [2.45, 2.75) is 57.5 Å². The van der Waals surface area contributed by atoms with E-state index in [-0.39, 0.29) is 5.56 Å². The van der Waals surface area contributed by atoms with Crippen LogP contribution in [0.1, 0.15) is 51.3 Å². The van der Waals surface area contributed by atoms with Gasteiger partial charge in [0.25, 0.3) is 5.56 Å². The molecule has 1 saturated carbocycles. The van der Waals surface area contributed by atoms with E-state index in [4.69, 9.17) is 4.98 Å². The van der Waals surface area contributed by atoms with Crippen molar-refractivity contribution in [1.29, 1.82) is 0 Å². The number of H-pyrrole nitrogens is 1. The van der Waals surface area contributed by atoms with Gasteiger partial charge < -0.3 is 15.2 Å². The Labute approximate surface area is 119 Å². The third kappa shape index (κ3) is 2.73. The number of nitrogens with zero attached hydrogens (tertiary/aromatic N) is 2. The smallest absolute Gasteiger partial charge is 0.252 e. The Hall–Kier alpha value is -1.36. The first-order valence-electron chi connectivity index (χ1n) is 7.82. The van der Waals surface area contributed by atoms with E-state index in [1.807, 2.05) is 0 Å². The molecule has 0 amide bonds. The van der Waals surface area contributed by atoms with Crippen LogP contribution in [-0.2, 0) is 0 Å². The summed E-state index contributed by atoms with van der Waals surface area (Å²) < 4.78 is 0. The number of hydrogen-bond acceptors (Lipinski definition) is 4. The summed E-state index contributed by atoms with van der Waals surface area (Å²) in [6, 6.07) is 2.58. The maximum Gasteiger partial charge on any atom is 0.252 e. The number of aromatic amines is 1. The lowest BCUT2D eigenvalue weighted by Gasteiger charge is -2.40. The van der Waals surface area contributed by atoms with Gasteiger partial charge in [-0.2, -0.15) is 0 Å². The van der Waals surface area contributed by atoms with Crippen LogP contribution in [0.5, 0.6) is 0 Å². The van der Waals surface area contributed by atoms with Crippen molar-refractivity contribution < 1.29 is 0 Å². The zero-order chi connectivity index (χ0) is 14.1. The molecule has 5 heteroatoms. The second-order valence-corrected chi connectivity index (χ2v) is 5.99. The predicted molar refractivity (Wildman–Crippen MR) is 80.3 cm³/mol. The third-order valence-corrected chi connectivity index (χ3v) is 4.47. The van der Waals surface area contributed by atoms with Gasteiger partial charge in [-0.25, -0.2) is 4.98 Å². The lowest BCUT2D eigenvalue weighted by molar-refractivity contribution is 0.376. The molecular formula is C15H24N4O. The van der Waals surface area contributed by atoms with Crippen LogP contribution >= 0.6 is 0 Å². The van der Waals surface area contributed by atoms with Gasteiger partial charge in [-0.05, 0) is 25.7 Å². The molecule has 2 unspecified atom stereocenters. The molecule has 20 heavy (non-hydrogen) atoms. The van der Waals surface area contributed by atoms with Crippen molar-refractivity contribution >= 4 is 5.82 Å². The molecule has 0 bridgehead atoms. The highest BCUT2D eigenvalue weighted by molar-refractivity contribution is 5.41. The standard InChI is InChI=1S/C15H24N4O/c1-3-11-9-19(12(4-2)8-16-11)13-7-14(20)18-15(17-13)10-5-6-10/h7,10-12,16H,3-6,8-9H2,1-2H3,(H,17,18,20). The summed E-state index contributed by atoms with van der Waals surface area (Å²) in [5.74, 6) is 2.23. The van der Waals surface area contributed by atoms with Crippen LogP contribution in [0.3, 0.4) is 0 Å². The summed E-state index contributed by atoms with van der Waals surface area (Å²) in [6.07, 6.45) is 4.48. The minimum atomic E-state index is -0.0154. The molecule has 0 aromatic carbocycles. The summed E-state index contributed by atoms with van der Waals surface area (Å²) in [5, 5.41) is 3.58. The monoisotopic (exact) mass is 276 g/mol. The fourth-order valence-electron chi connectivity index (χ4n) is 2.94. The molecule has 1 saturated heterocycles. The quantitative estimate of drug-likeness (QED) is 0.877. The van der Waals surface area contributed by atoms with E-state index < -0.39 is 0 Å². The van der Waals surface area contributed by atoms with Crippen LogP contribution in [0, 0.1) is 0 Å². The molecule has 2 heterocycles. The Morgan fingerprint density at radius 1 is 1.35 bits per heavy atom. The van der Waals surface area contributed by atoms with Gasteiger partial charge in [0, 0.05) is 37.2 Å². The fourth-order valence-corrected chi connectivity index (χ4v) is 2.94. The number of anilines is 1. The second-order valence-electron chi connectivity index (χ2n) is 5.99. The average Bonchev–Trinajstić information content (AvgIpc) is 3.30. The lowest BCUT2D eigenvalue weighted by atomic mass is 10.1. The van der Waals surface area contributed by atoms with E-state index in [1.165, 1.54) is 0 Å². The normalized spacial score (nSPS) is 26.8. The molecule has 0 spiro atoms. The molecule has 5 nitrogen and oxygen atoms in total. The average molecular weight is 276 g/mol. The van der Waals surface area contributed by atoms with Crippen LogP contribution < -0.4 is 15.8 Å². The van der Waals surface area contributed by atoms with E-state index >= 15 is 0 Å². The number of piperazine rings is 1. The Kier molecular flexibility index (Phi) is 3.78. The Bertz CT molecular complexity index is 523. The predicted octanol–water partition coefficient (Wildman–Crippen LogP) is 1.61. The molecule has 1 aliphatic carbocycles. The highest BCUT2D eigenvalue weighted by Crippen LogP contribution is 2.38. The van der Waals surface area contributed by atoms with Gasteiger partial charge in [-0.3, -0.25) is 4.79 Å². The molecule has 2 aliphatic rings. The highest BCUT2D eigenvalue weighted by Gasteiger charge is 2.30. The topological polar surface area (TPSA) is 61.0 Å². The van der Waals surface area contributed by atoms with Gasteiger partial charge in [0.2, 0.25) is 0 Å². The van der Waals surface area contributed by atoms with E-state index in [0.717, 1.165) is 50.4 Å². The second kappa shape index (κ2) is 5.56. The van der Waals surface area contributed by atoms with Gasteiger partial charge in [-0.15, -0.1) is 0 Å². The summed E-state index contributed by atoms with van der Waals surface area (Å²) >= 11 is 0. The van der Waals surface area contributed by atoms with Gasteiger partial charge in [0.1, 0.15) is 11.6 Å². The van der Waals surface area contributed by atoms with Gasteiger partial charge in [0.15, 0.2) is 0 Å². The molecule has 2 N–H and O–H groups in total. The molecule has 2 fully saturated rings. The SMILES string of the molecule is CCC1CN(c2cc(=O)[nH]c(C3CC3)n2)C(CC)CN1. The third-order valence-electron chi connectivity index (χ3n) is 4.47. The van der Waals surface area contributed by atoms with Crippen molar-refractivity contribution in [3.05, 3.63) is 22.2 Å². The first-order chi connectivity index (χ1) is 9.71. The van der Waals surface area contributed by atoms with Gasteiger partial charge in [-0.1, -0.05) is 13.8 Å². The van der Waals surface area contributed by atoms with Crippen LogP contribution in [0.4, 0.5) is 5.82 Å². The zero-order valence-electron chi connectivity index (χ0n) is 12.4. The van der Waals surface area contributed by atoms with Crippen molar-refractivity contribution in [3.63, 3.8) is 0 Å². The zero-order valence-corrected chi connectivity index (χ0v) is 12.4. The minimum Gasteiger partial charge on any atom is -0.351 e. The molecule has 1 aromatic rings. The van der Waals surface area contributed by atoms with Crippen LogP contribution in [-0.4, -0.2) is 35.1 Å². The molecule has 3 rings (SSSR count). The van der Waals surface area contributed by atoms with E-state index in [9.17, 15) is 4.79 Å². The largest absolute Gasteiger partial charge is 0.351 e. The lowest BCUT2D eigenvalue weighted by Crippen LogP contribution is -2.56. The van der Waals surface area contributed by atoms with E-state index in [1.54, 1.807) is 6.07 Å². The molecule has 2 atom stereocenters. The summed E-state index contributed by atoms with van der Waals surface area (Å²) in [7, 11) is 0. The van der Waals surface area contributed by atoms with Crippen LogP contribution in [0.2, 0.25) is 0 Å². The van der Waals surface area contributed by atoms with Gasteiger partial charge in [0.05, 0.1) is 0 Å². The Balaban J connectivity index is 1.90. The van der Waals surface area contributed by atoms with Crippen molar-refractivity contribution in [3.8, 4) is 0 Å². The van der Waals surface area contributed by atoms with Crippen LogP contribution in [0.15, 0.2) is 10.9 Å². The first-order valence-corrected chi connectivity index (χ1v) is 7.82. The van der Waals surface area contributed by atoms with Crippen molar-refractivity contribution in [2.75, 3.05) is 18.0 Å². The number of aromatic nitrogens is 2. The van der Waals surface area contributed by atoms with E-state index in [0.29, 0.717) is 18.0 Å². The van der Waals surface area contributed by atoms with Crippen LogP contribution in [0.25, 0.3) is 0 Å². The highest BCUT2D eigenvalue weighted by atomic mass is 16.1. The Morgan fingerprint density at radius 3 is 2.80 bits per heavy atom. The maximum atomic E-state index is 11.9. The number of rotatable bonds is 4. The summed E-state index contributed by atoms with van der Waals surface area (Å²) in [6.45, 7) is 6.31. The molecular weight excluding hydrogens is 252 g/mol. The minimum absolute atomic E-state index is 0.0154. The number of nitrogens with one attached hydrogen (secondary N) is 2. The van der Waals surface area contributed by atoms with Gasteiger partial charge >= 0.3 is 0 Å². The molecule has 1 aromatic heterocycles. The maximum absolute atomic E-state index is 11.9.